The van der Waals surface area contributed by atoms with Gasteiger partial charge in [0.2, 0.25) is 0 Å². The van der Waals surface area contributed by atoms with Gasteiger partial charge in [0.05, 0.1) is 0 Å². The highest BCUT2D eigenvalue weighted by molar-refractivity contribution is 5.74. The first-order chi connectivity index (χ1) is 8.25. The molecular weight excluding hydrogens is 218 g/mol. The van der Waals surface area contributed by atoms with Crippen LogP contribution < -0.4 is 4.90 Å². The topological polar surface area (TPSA) is 66.3 Å². The highest BCUT2D eigenvalue weighted by Crippen LogP contribution is 2.35. The summed E-state index contributed by atoms with van der Waals surface area (Å²) in [7, 11) is 0. The van der Waals surface area contributed by atoms with E-state index in [2.05, 4.69) is 9.97 Å². The van der Waals surface area contributed by atoms with Crippen LogP contribution in [0.5, 0.6) is 0 Å². The average molecular weight is 233 g/mol. The third kappa shape index (κ3) is 1.97. The van der Waals surface area contributed by atoms with Gasteiger partial charge in [0, 0.05) is 17.3 Å². The smallest absolute Gasteiger partial charge is 0.323 e. The summed E-state index contributed by atoms with van der Waals surface area (Å²) < 4.78 is 0. The van der Waals surface area contributed by atoms with Crippen molar-refractivity contribution in [3.05, 3.63) is 17.6 Å². The summed E-state index contributed by atoms with van der Waals surface area (Å²) in [6, 6.07) is 0.366. The molecule has 0 saturated heterocycles. The van der Waals surface area contributed by atoms with Crippen molar-refractivity contribution in [2.24, 2.45) is 0 Å². The number of anilines is 1. The Labute approximate surface area is 99.5 Å². The molecular formula is C12H15N3O2. The zero-order valence-corrected chi connectivity index (χ0v) is 9.59. The Morgan fingerprint density at radius 3 is 2.94 bits per heavy atom. The van der Waals surface area contributed by atoms with Crippen LogP contribution in [-0.4, -0.2) is 33.6 Å². The Kier molecular flexibility index (Phi) is 2.46. The maximum atomic E-state index is 10.9. The quantitative estimate of drug-likeness (QED) is 0.841. The molecule has 0 atom stereocenters. The lowest BCUT2D eigenvalue weighted by Crippen LogP contribution is -2.33. The molecule has 1 N–H and O–H groups in total. The minimum Gasteiger partial charge on any atom is -0.480 e. The summed E-state index contributed by atoms with van der Waals surface area (Å²) in [4.78, 5) is 21.5. The highest BCUT2D eigenvalue weighted by atomic mass is 16.4. The van der Waals surface area contributed by atoms with E-state index in [4.69, 9.17) is 5.11 Å². The Bertz CT molecular complexity index is 457. The molecule has 1 saturated carbocycles. The number of carboxylic acid groups (broad SMARTS) is 1. The number of carboxylic acids is 1. The van der Waals surface area contributed by atoms with Crippen LogP contribution in [0, 0.1) is 0 Å². The van der Waals surface area contributed by atoms with Crippen molar-refractivity contribution in [2.75, 3.05) is 11.4 Å². The average Bonchev–Trinajstić information content (AvgIpc) is 3.02. The molecule has 2 aliphatic rings. The van der Waals surface area contributed by atoms with Crippen LogP contribution in [0.2, 0.25) is 0 Å². The van der Waals surface area contributed by atoms with Crippen molar-refractivity contribution in [1.29, 1.82) is 0 Å². The van der Waals surface area contributed by atoms with E-state index in [0.29, 0.717) is 6.04 Å². The molecule has 17 heavy (non-hydrogen) atoms. The van der Waals surface area contributed by atoms with Crippen LogP contribution in [0.3, 0.4) is 0 Å². The van der Waals surface area contributed by atoms with E-state index in [9.17, 15) is 4.79 Å². The Balaban J connectivity index is 1.95. The molecule has 0 amide bonds. The van der Waals surface area contributed by atoms with Gasteiger partial charge in [0.1, 0.15) is 18.7 Å². The Morgan fingerprint density at radius 1 is 1.41 bits per heavy atom. The summed E-state index contributed by atoms with van der Waals surface area (Å²) in [5.41, 5.74) is 2.27. The van der Waals surface area contributed by atoms with Crippen molar-refractivity contribution < 1.29 is 9.90 Å². The van der Waals surface area contributed by atoms with Gasteiger partial charge in [-0.2, -0.15) is 0 Å². The van der Waals surface area contributed by atoms with Crippen molar-refractivity contribution in [1.82, 2.24) is 9.97 Å². The molecule has 5 heteroatoms. The van der Waals surface area contributed by atoms with E-state index in [1.54, 1.807) is 6.33 Å². The number of nitrogens with zero attached hydrogens (tertiary/aromatic N) is 3. The van der Waals surface area contributed by atoms with E-state index < -0.39 is 5.97 Å². The van der Waals surface area contributed by atoms with Gasteiger partial charge in [-0.05, 0) is 32.1 Å². The third-order valence-corrected chi connectivity index (χ3v) is 3.42. The van der Waals surface area contributed by atoms with Gasteiger partial charge >= 0.3 is 5.97 Å². The number of aryl methyl sites for hydroxylation is 1. The fraction of sp³-hybridized carbons (Fsp3) is 0.583. The van der Waals surface area contributed by atoms with Gasteiger partial charge in [0.15, 0.2) is 0 Å². The first kappa shape index (κ1) is 10.5. The van der Waals surface area contributed by atoms with Crippen LogP contribution in [0.15, 0.2) is 6.33 Å². The van der Waals surface area contributed by atoms with Crippen molar-refractivity contribution >= 4 is 11.8 Å². The Morgan fingerprint density at radius 2 is 2.24 bits per heavy atom. The van der Waals surface area contributed by atoms with Crippen LogP contribution in [0.25, 0.3) is 0 Å². The zero-order valence-electron chi connectivity index (χ0n) is 9.59. The predicted octanol–water partition coefficient (Wildman–Crippen LogP) is 1.02. The number of hydrogen-bond acceptors (Lipinski definition) is 4. The molecule has 0 radical (unpaired) electrons. The second kappa shape index (κ2) is 3.98. The van der Waals surface area contributed by atoms with E-state index in [1.165, 1.54) is 5.56 Å². The summed E-state index contributed by atoms with van der Waals surface area (Å²) in [6.45, 7) is 0.0497. The fourth-order valence-electron chi connectivity index (χ4n) is 2.50. The summed E-state index contributed by atoms with van der Waals surface area (Å²) in [6.07, 6.45) is 6.80. The first-order valence-corrected chi connectivity index (χ1v) is 6.07. The van der Waals surface area contributed by atoms with Crippen LogP contribution in [-0.2, 0) is 17.6 Å². The van der Waals surface area contributed by atoms with Gasteiger partial charge in [0.25, 0.3) is 0 Å². The van der Waals surface area contributed by atoms with Gasteiger partial charge in [-0.1, -0.05) is 0 Å². The standard InChI is InChI=1S/C12H15N3O2/c16-11(17)6-15(8-4-5-8)12-9-2-1-3-10(9)13-7-14-12/h7-8H,1-6H2,(H,16,17). The largest absolute Gasteiger partial charge is 0.480 e. The number of carbonyl (C=O) groups is 1. The number of hydrogen-bond donors (Lipinski definition) is 1. The molecule has 1 aromatic rings. The molecule has 0 spiro atoms. The second-order valence-corrected chi connectivity index (χ2v) is 4.73. The van der Waals surface area contributed by atoms with E-state index in [0.717, 1.165) is 43.6 Å². The SMILES string of the molecule is O=C(O)CN(c1ncnc2c1CCC2)C1CC1. The molecule has 5 nitrogen and oxygen atoms in total. The zero-order chi connectivity index (χ0) is 11.8. The monoisotopic (exact) mass is 233 g/mol. The maximum absolute atomic E-state index is 10.9. The van der Waals surface area contributed by atoms with E-state index in [-0.39, 0.29) is 6.54 Å². The molecule has 3 rings (SSSR count). The van der Waals surface area contributed by atoms with Gasteiger partial charge in [-0.3, -0.25) is 4.79 Å². The minimum atomic E-state index is -0.790. The normalized spacial score (nSPS) is 17.9. The summed E-state index contributed by atoms with van der Waals surface area (Å²) in [5.74, 6) is 0.0691. The third-order valence-electron chi connectivity index (χ3n) is 3.42. The molecule has 0 aromatic carbocycles. The van der Waals surface area contributed by atoms with Crippen molar-refractivity contribution in [3.63, 3.8) is 0 Å². The molecule has 1 heterocycles. The molecule has 90 valence electrons. The van der Waals surface area contributed by atoms with Crippen LogP contribution >= 0.6 is 0 Å². The number of aromatic nitrogens is 2. The highest BCUT2D eigenvalue weighted by Gasteiger charge is 2.33. The fourth-order valence-corrected chi connectivity index (χ4v) is 2.50. The lowest BCUT2D eigenvalue weighted by Gasteiger charge is -2.23. The first-order valence-electron chi connectivity index (χ1n) is 6.07. The van der Waals surface area contributed by atoms with Gasteiger partial charge in [-0.15, -0.1) is 0 Å². The number of fused-ring (bicyclic) bond motifs is 1. The second-order valence-electron chi connectivity index (χ2n) is 4.73. The molecule has 0 aliphatic heterocycles. The minimum absolute atomic E-state index is 0.0497. The van der Waals surface area contributed by atoms with Gasteiger partial charge in [-0.25, -0.2) is 9.97 Å². The van der Waals surface area contributed by atoms with Crippen molar-refractivity contribution in [3.8, 4) is 0 Å². The van der Waals surface area contributed by atoms with E-state index in [1.807, 2.05) is 4.90 Å². The molecule has 1 fully saturated rings. The molecule has 0 unspecified atom stereocenters. The van der Waals surface area contributed by atoms with Crippen LogP contribution in [0.1, 0.15) is 30.5 Å². The lowest BCUT2D eigenvalue weighted by atomic mass is 10.2. The molecule has 1 aromatic heterocycles. The van der Waals surface area contributed by atoms with Crippen LogP contribution in [0.4, 0.5) is 5.82 Å². The molecule has 0 bridgehead atoms. The predicted molar refractivity (Wildman–Crippen MR) is 62.1 cm³/mol. The molecule has 2 aliphatic carbocycles. The van der Waals surface area contributed by atoms with Crippen molar-refractivity contribution in [2.45, 2.75) is 38.1 Å². The summed E-state index contributed by atoms with van der Waals surface area (Å²) in [5, 5.41) is 8.99. The van der Waals surface area contributed by atoms with E-state index >= 15 is 0 Å². The van der Waals surface area contributed by atoms with Gasteiger partial charge < -0.3 is 10.0 Å². The Hall–Kier alpha value is -1.65. The number of aliphatic carboxylic acids is 1. The lowest BCUT2D eigenvalue weighted by molar-refractivity contribution is -0.135. The maximum Gasteiger partial charge on any atom is 0.323 e. The summed E-state index contributed by atoms with van der Waals surface area (Å²) >= 11 is 0. The number of rotatable bonds is 4.